The highest BCUT2D eigenvalue weighted by Gasteiger charge is 2.20. The van der Waals surface area contributed by atoms with Crippen LogP contribution in [0.5, 0.6) is 0 Å². The number of amides is 1. The zero-order valence-corrected chi connectivity index (χ0v) is 26.0. The highest BCUT2D eigenvalue weighted by atomic mass is 35.5. The topological polar surface area (TPSA) is 105 Å². The molecule has 2 N–H and O–H groups in total. The molecule has 0 unspecified atom stereocenters. The number of anilines is 2. The van der Waals surface area contributed by atoms with Gasteiger partial charge in [-0.25, -0.2) is 10.5 Å². The molecule has 2 aliphatic rings. The number of nitrogens with zero attached hydrogens (tertiary/aromatic N) is 5. The first-order valence-electron chi connectivity index (χ1n) is 14.1. The van der Waals surface area contributed by atoms with Crippen molar-refractivity contribution >= 4 is 53.4 Å². The first kappa shape index (κ1) is 32.4. The molecule has 12 heteroatoms. The Labute approximate surface area is 263 Å². The molecule has 2 aromatic carbocycles. The van der Waals surface area contributed by atoms with E-state index in [0.717, 1.165) is 69.8 Å². The third kappa shape index (κ3) is 7.17. The maximum absolute atomic E-state index is 13.3. The Bertz CT molecular complexity index is 1640. The molecule has 6 rings (SSSR count). The van der Waals surface area contributed by atoms with E-state index in [1.165, 1.54) is 36.2 Å². The van der Waals surface area contributed by atoms with Gasteiger partial charge in [0.05, 0.1) is 12.5 Å². The number of fused-ring (bicyclic) bond motifs is 2. The third-order valence-corrected chi connectivity index (χ3v) is 8.07. The number of rotatable bonds is 8. The van der Waals surface area contributed by atoms with Gasteiger partial charge in [0.25, 0.3) is 5.91 Å². The predicted molar refractivity (Wildman–Crippen MR) is 173 cm³/mol. The molecule has 1 fully saturated rings. The number of hydrogen-bond donors (Lipinski definition) is 2. The van der Waals surface area contributed by atoms with Gasteiger partial charge in [0.1, 0.15) is 5.56 Å². The minimum absolute atomic E-state index is 0. The summed E-state index contributed by atoms with van der Waals surface area (Å²) in [6, 6.07) is 14.5. The number of likely N-dealkylation sites (N-methyl/N-ethyl adjacent to an activating group) is 1. The smallest absolute Gasteiger partial charge is 0.280 e. The average molecular weight is 627 g/mol. The van der Waals surface area contributed by atoms with Gasteiger partial charge in [-0.1, -0.05) is 18.2 Å². The molecule has 4 aromatic rings. The fourth-order valence-corrected chi connectivity index (χ4v) is 5.63. The molecular weight excluding hydrogens is 589 g/mol. The van der Waals surface area contributed by atoms with Gasteiger partial charge in [-0.3, -0.25) is 14.4 Å². The van der Waals surface area contributed by atoms with Gasteiger partial charge in [0.15, 0.2) is 5.65 Å². The van der Waals surface area contributed by atoms with Gasteiger partial charge in [-0.2, -0.15) is 4.98 Å². The normalized spacial score (nSPS) is 14.9. The third-order valence-electron chi connectivity index (χ3n) is 8.07. The maximum atomic E-state index is 13.3. The van der Waals surface area contributed by atoms with E-state index in [4.69, 9.17) is 9.82 Å². The lowest BCUT2D eigenvalue weighted by Crippen LogP contribution is -2.45. The molecule has 228 valence electrons. The molecule has 3 heterocycles. The summed E-state index contributed by atoms with van der Waals surface area (Å²) in [4.78, 5) is 44.8. The zero-order chi connectivity index (χ0) is 28.3. The molecule has 2 aromatic heterocycles. The van der Waals surface area contributed by atoms with Gasteiger partial charge >= 0.3 is 0 Å². The van der Waals surface area contributed by atoms with Crippen LogP contribution >= 0.6 is 24.8 Å². The molecule has 0 atom stereocenters. The lowest BCUT2D eigenvalue weighted by Gasteiger charge is -2.32. The highest BCUT2D eigenvalue weighted by molar-refractivity contribution is 5.96. The zero-order valence-electron chi connectivity index (χ0n) is 24.3. The second-order valence-electron chi connectivity index (χ2n) is 10.8. The summed E-state index contributed by atoms with van der Waals surface area (Å²) in [7, 11) is 3.51. The molecule has 1 aliphatic heterocycles. The van der Waals surface area contributed by atoms with E-state index >= 15 is 0 Å². The Morgan fingerprint density at radius 2 is 1.74 bits per heavy atom. The number of piperazine rings is 1. The lowest BCUT2D eigenvalue weighted by atomic mass is 10.1. The molecule has 10 nitrogen and oxygen atoms in total. The van der Waals surface area contributed by atoms with Gasteiger partial charge in [-0.05, 0) is 73.7 Å². The summed E-state index contributed by atoms with van der Waals surface area (Å²) in [5.41, 5.74) is 7.75. The number of aromatic nitrogens is 3. The molecular formula is C31H37Cl2N7O3. The Hall–Kier alpha value is -3.54. The molecule has 0 saturated carbocycles. The minimum Gasteiger partial charge on any atom is -0.324 e. The molecule has 0 bridgehead atoms. The van der Waals surface area contributed by atoms with E-state index < -0.39 is 11.3 Å². The van der Waals surface area contributed by atoms with Gasteiger partial charge in [-0.15, -0.1) is 24.8 Å². The van der Waals surface area contributed by atoms with Crippen LogP contribution in [0.2, 0.25) is 0 Å². The van der Waals surface area contributed by atoms with Crippen molar-refractivity contribution in [3.05, 3.63) is 87.3 Å². The van der Waals surface area contributed by atoms with E-state index in [9.17, 15) is 9.59 Å². The van der Waals surface area contributed by atoms with Crippen molar-refractivity contribution in [1.82, 2.24) is 29.8 Å². The molecule has 0 spiro atoms. The van der Waals surface area contributed by atoms with E-state index in [1.54, 1.807) is 4.57 Å². The summed E-state index contributed by atoms with van der Waals surface area (Å²) in [6.07, 6.45) is 7.20. The van der Waals surface area contributed by atoms with Crippen LogP contribution in [0.4, 0.5) is 11.6 Å². The van der Waals surface area contributed by atoms with Crippen LogP contribution in [0.1, 0.15) is 33.5 Å². The molecule has 1 aliphatic carbocycles. The summed E-state index contributed by atoms with van der Waals surface area (Å²) >= 11 is 0. The van der Waals surface area contributed by atoms with Crippen molar-refractivity contribution in [3.8, 4) is 5.69 Å². The second-order valence-corrected chi connectivity index (χ2v) is 10.8. The monoisotopic (exact) mass is 625 g/mol. The van der Waals surface area contributed by atoms with E-state index in [-0.39, 0.29) is 35.8 Å². The number of nitrogens with one attached hydrogen (secondary N) is 2. The number of carbonyl (C=O) groups is 1. The van der Waals surface area contributed by atoms with E-state index in [2.05, 4.69) is 56.9 Å². The van der Waals surface area contributed by atoms with E-state index in [0.29, 0.717) is 11.6 Å². The summed E-state index contributed by atoms with van der Waals surface area (Å²) in [5, 5.41) is 3.53. The van der Waals surface area contributed by atoms with Crippen molar-refractivity contribution in [2.75, 3.05) is 52.2 Å². The van der Waals surface area contributed by atoms with Crippen molar-refractivity contribution < 1.29 is 9.63 Å². The van der Waals surface area contributed by atoms with Crippen LogP contribution in [-0.2, 0) is 24.1 Å². The Morgan fingerprint density at radius 3 is 2.49 bits per heavy atom. The summed E-state index contributed by atoms with van der Waals surface area (Å²) in [6.45, 7) is 5.53. The SMILES string of the molecule is CONC(=O)c1cn(-c2ccc3c(c2)CCC3)c2nc(Nc3ccc(CCN4CCN(C)CC4)cc3)ncc2c1=O.Cl.Cl. The first-order valence-corrected chi connectivity index (χ1v) is 14.1. The number of halogens is 2. The van der Waals surface area contributed by atoms with Crippen LogP contribution in [-0.4, -0.2) is 77.1 Å². The lowest BCUT2D eigenvalue weighted by molar-refractivity contribution is 0.0536. The summed E-state index contributed by atoms with van der Waals surface area (Å²) in [5.74, 6) is -0.254. The van der Waals surface area contributed by atoms with Crippen molar-refractivity contribution in [2.45, 2.75) is 25.7 Å². The highest BCUT2D eigenvalue weighted by Crippen LogP contribution is 2.26. The average Bonchev–Trinajstić information content (AvgIpc) is 3.46. The number of carbonyl (C=O) groups excluding carboxylic acids is 1. The van der Waals surface area contributed by atoms with Crippen LogP contribution in [0.25, 0.3) is 16.7 Å². The first-order chi connectivity index (χ1) is 20.0. The maximum Gasteiger partial charge on any atom is 0.280 e. The number of hydrogen-bond acceptors (Lipinski definition) is 8. The Balaban J connectivity index is 0.00000212. The number of aryl methyl sites for hydroxylation is 2. The summed E-state index contributed by atoms with van der Waals surface area (Å²) < 4.78 is 1.79. The second kappa shape index (κ2) is 14.3. The van der Waals surface area contributed by atoms with Gasteiger partial charge in [0.2, 0.25) is 11.4 Å². The number of hydroxylamine groups is 1. The van der Waals surface area contributed by atoms with Crippen LogP contribution in [0.3, 0.4) is 0 Å². The molecule has 1 saturated heterocycles. The quantitative estimate of drug-likeness (QED) is 0.284. The Kier molecular flexibility index (Phi) is 10.8. The molecule has 1 amide bonds. The standard InChI is InChI=1S/C31H35N7O3.2ClH/c1-36-14-16-37(17-15-36)13-12-21-6-9-24(10-7-21)33-31-32-19-26-28(39)27(30(40)35-41-2)20-38(29(26)34-31)25-11-8-22-4-3-5-23(22)18-25;;/h6-11,18-20H,3-5,12-17H2,1-2H3,(H,35,40)(H,32,33,34);2*1H. The van der Waals surface area contributed by atoms with Crippen LogP contribution in [0, 0.1) is 0 Å². The number of benzene rings is 2. The molecule has 43 heavy (non-hydrogen) atoms. The Morgan fingerprint density at radius 1 is 1.00 bits per heavy atom. The van der Waals surface area contributed by atoms with Crippen molar-refractivity contribution in [1.29, 1.82) is 0 Å². The minimum atomic E-state index is -0.621. The fraction of sp³-hybridized carbons (Fsp3) is 0.355. The van der Waals surface area contributed by atoms with E-state index in [1.807, 2.05) is 18.2 Å². The van der Waals surface area contributed by atoms with Crippen molar-refractivity contribution in [2.24, 2.45) is 0 Å². The van der Waals surface area contributed by atoms with Crippen LogP contribution < -0.4 is 16.2 Å². The number of pyridine rings is 1. The van der Waals surface area contributed by atoms with Crippen LogP contribution in [0.15, 0.2) is 59.7 Å². The fourth-order valence-electron chi connectivity index (χ4n) is 5.63. The van der Waals surface area contributed by atoms with Gasteiger partial charge < -0.3 is 19.7 Å². The largest absolute Gasteiger partial charge is 0.324 e. The molecule has 0 radical (unpaired) electrons. The van der Waals surface area contributed by atoms with Gasteiger partial charge in [0, 0.05) is 56.5 Å². The van der Waals surface area contributed by atoms with Crippen molar-refractivity contribution in [3.63, 3.8) is 0 Å². The predicted octanol–water partition coefficient (Wildman–Crippen LogP) is 3.94.